The Balaban J connectivity index is 1.34. The van der Waals surface area contributed by atoms with Crippen molar-refractivity contribution >= 4 is 28.7 Å². The number of aryl methyl sites for hydroxylation is 1. The normalized spacial score (nSPS) is 11.5. The summed E-state index contributed by atoms with van der Waals surface area (Å²) in [6.45, 7) is 7.90. The van der Waals surface area contributed by atoms with Gasteiger partial charge in [0.05, 0.1) is 11.4 Å². The highest BCUT2D eigenvalue weighted by atomic mass is 19.1. The van der Waals surface area contributed by atoms with Crippen LogP contribution in [0.1, 0.15) is 32.0 Å². The molecule has 0 radical (unpaired) electrons. The minimum atomic E-state index is -0.470. The highest BCUT2D eigenvalue weighted by Crippen LogP contribution is 2.31. The molecule has 0 saturated heterocycles. The van der Waals surface area contributed by atoms with Gasteiger partial charge in [-0.3, -0.25) is 10.3 Å². The summed E-state index contributed by atoms with van der Waals surface area (Å²) in [6.07, 6.45) is 1.54. The average Bonchev–Trinajstić information content (AvgIpc) is 3.45. The fraction of sp³-hybridized carbons (Fsp3) is 0.185. The Labute approximate surface area is 216 Å². The summed E-state index contributed by atoms with van der Waals surface area (Å²) < 4.78 is 21.0. The number of aromatic amines is 2. The maximum absolute atomic E-state index is 13.5. The second-order valence-electron chi connectivity index (χ2n) is 9.83. The number of imidazole rings is 1. The summed E-state index contributed by atoms with van der Waals surface area (Å²) in [4.78, 5) is 33.9. The molecular weight excluding hydrogens is 489 g/mol. The van der Waals surface area contributed by atoms with Crippen molar-refractivity contribution in [2.24, 2.45) is 0 Å². The number of hydrogen-bond acceptors (Lipinski definition) is 5. The average molecular weight is 516 g/mol. The van der Waals surface area contributed by atoms with Gasteiger partial charge >= 0.3 is 11.7 Å². The molecule has 38 heavy (non-hydrogen) atoms. The van der Waals surface area contributed by atoms with E-state index < -0.39 is 6.03 Å². The van der Waals surface area contributed by atoms with Crippen LogP contribution in [0.3, 0.4) is 0 Å². The maximum atomic E-state index is 13.5. The van der Waals surface area contributed by atoms with Crippen molar-refractivity contribution in [3.63, 3.8) is 0 Å². The Hall–Kier alpha value is -4.93. The molecule has 0 atom stereocenters. The van der Waals surface area contributed by atoms with E-state index in [9.17, 15) is 14.0 Å². The molecule has 0 aliphatic rings. The largest absolute Gasteiger partial charge is 0.455 e. The molecular formula is C27H26FN7O3. The summed E-state index contributed by atoms with van der Waals surface area (Å²) in [5, 5.41) is 10.3. The smallest absolute Gasteiger partial charge is 0.325 e. The van der Waals surface area contributed by atoms with Gasteiger partial charge in [0.1, 0.15) is 22.9 Å². The van der Waals surface area contributed by atoms with Crippen molar-refractivity contribution in [1.29, 1.82) is 0 Å². The third kappa shape index (κ3) is 5.12. The van der Waals surface area contributed by atoms with Crippen molar-refractivity contribution in [3.8, 4) is 17.2 Å². The monoisotopic (exact) mass is 515 g/mol. The molecule has 11 heteroatoms. The number of benzene rings is 2. The van der Waals surface area contributed by atoms with Crippen LogP contribution in [0, 0.1) is 12.7 Å². The Kier molecular flexibility index (Phi) is 6.19. The summed E-state index contributed by atoms with van der Waals surface area (Å²) >= 11 is 0. The molecule has 10 nitrogen and oxygen atoms in total. The van der Waals surface area contributed by atoms with Crippen LogP contribution in [0.4, 0.5) is 20.7 Å². The van der Waals surface area contributed by atoms with E-state index in [1.54, 1.807) is 53.3 Å². The SMILES string of the molecule is Cc1cc(NC(=O)Nc2cc(C(C)(C)C)nn2-c2ccc(F)cc2)ccc1Oc1ccnc2[nH]c(=O)[nH]c12. The van der Waals surface area contributed by atoms with E-state index in [1.165, 1.54) is 12.1 Å². The van der Waals surface area contributed by atoms with Gasteiger partial charge in [0.15, 0.2) is 11.4 Å². The first-order chi connectivity index (χ1) is 18.1. The number of nitrogens with one attached hydrogen (secondary N) is 4. The number of ether oxygens (including phenoxy) is 1. The topological polar surface area (TPSA) is 130 Å². The lowest BCUT2D eigenvalue weighted by Gasteiger charge is -2.14. The van der Waals surface area contributed by atoms with Gasteiger partial charge in [0.25, 0.3) is 0 Å². The zero-order valence-corrected chi connectivity index (χ0v) is 21.2. The fourth-order valence-electron chi connectivity index (χ4n) is 3.85. The molecule has 4 N–H and O–H groups in total. The van der Waals surface area contributed by atoms with E-state index >= 15 is 0 Å². The van der Waals surface area contributed by atoms with Gasteiger partial charge in [0.2, 0.25) is 0 Å². The third-order valence-electron chi connectivity index (χ3n) is 5.83. The molecule has 5 rings (SSSR count). The van der Waals surface area contributed by atoms with Gasteiger partial charge in [0, 0.05) is 29.4 Å². The van der Waals surface area contributed by atoms with Crippen LogP contribution in [0.25, 0.3) is 16.9 Å². The Morgan fingerprint density at radius 2 is 1.76 bits per heavy atom. The number of H-pyrrole nitrogens is 2. The lowest BCUT2D eigenvalue weighted by atomic mass is 9.92. The molecule has 2 amide bonds. The number of amides is 2. The van der Waals surface area contributed by atoms with Gasteiger partial charge < -0.3 is 15.0 Å². The van der Waals surface area contributed by atoms with Gasteiger partial charge in [-0.05, 0) is 55.0 Å². The molecule has 0 saturated carbocycles. The van der Waals surface area contributed by atoms with Crippen molar-refractivity contribution in [3.05, 3.63) is 88.4 Å². The molecule has 3 aromatic heterocycles. The van der Waals surface area contributed by atoms with Crippen molar-refractivity contribution < 1.29 is 13.9 Å². The quantitative estimate of drug-likeness (QED) is 0.241. The predicted octanol–water partition coefficient (Wildman–Crippen LogP) is 5.62. The first-order valence-electron chi connectivity index (χ1n) is 11.9. The summed E-state index contributed by atoms with van der Waals surface area (Å²) in [6, 6.07) is 14.1. The number of anilines is 2. The summed E-state index contributed by atoms with van der Waals surface area (Å²) in [7, 11) is 0. The Morgan fingerprint density at radius 1 is 1.00 bits per heavy atom. The van der Waals surface area contributed by atoms with E-state index in [0.29, 0.717) is 39.9 Å². The molecule has 0 fully saturated rings. The zero-order valence-electron chi connectivity index (χ0n) is 21.2. The Bertz CT molecular complexity index is 1690. The maximum Gasteiger partial charge on any atom is 0.325 e. The minimum Gasteiger partial charge on any atom is -0.455 e. The molecule has 0 bridgehead atoms. The molecule has 0 unspecified atom stereocenters. The number of hydrogen-bond donors (Lipinski definition) is 4. The second kappa shape index (κ2) is 9.51. The van der Waals surface area contributed by atoms with E-state index in [4.69, 9.17) is 4.74 Å². The predicted molar refractivity (Wildman–Crippen MR) is 143 cm³/mol. The number of fused-ring (bicyclic) bond motifs is 1. The number of rotatable bonds is 5. The lowest BCUT2D eigenvalue weighted by molar-refractivity contribution is 0.262. The summed E-state index contributed by atoms with van der Waals surface area (Å²) in [5.74, 6) is 1.08. The van der Waals surface area contributed by atoms with Gasteiger partial charge in [-0.15, -0.1) is 0 Å². The molecule has 0 spiro atoms. The number of nitrogens with zero attached hydrogens (tertiary/aromatic N) is 3. The van der Waals surface area contributed by atoms with Crippen LogP contribution in [0.5, 0.6) is 11.5 Å². The first-order valence-corrected chi connectivity index (χ1v) is 11.9. The van der Waals surface area contributed by atoms with Gasteiger partial charge in [-0.25, -0.2) is 23.6 Å². The lowest BCUT2D eigenvalue weighted by Crippen LogP contribution is -2.21. The van der Waals surface area contributed by atoms with Crippen molar-refractivity contribution in [2.75, 3.05) is 10.6 Å². The highest BCUT2D eigenvalue weighted by molar-refractivity contribution is 5.99. The van der Waals surface area contributed by atoms with Crippen LogP contribution in [-0.2, 0) is 5.41 Å². The van der Waals surface area contributed by atoms with Crippen molar-refractivity contribution in [1.82, 2.24) is 24.7 Å². The van der Waals surface area contributed by atoms with Crippen LogP contribution in [0.2, 0.25) is 0 Å². The van der Waals surface area contributed by atoms with E-state index in [-0.39, 0.29) is 16.9 Å². The van der Waals surface area contributed by atoms with Crippen LogP contribution < -0.4 is 21.1 Å². The van der Waals surface area contributed by atoms with Gasteiger partial charge in [-0.2, -0.15) is 5.10 Å². The van der Waals surface area contributed by atoms with E-state index in [2.05, 4.69) is 30.7 Å². The minimum absolute atomic E-state index is 0.265. The van der Waals surface area contributed by atoms with Gasteiger partial charge in [-0.1, -0.05) is 20.8 Å². The van der Waals surface area contributed by atoms with Crippen LogP contribution >= 0.6 is 0 Å². The number of urea groups is 1. The molecule has 194 valence electrons. The number of carbonyl (C=O) groups excluding carboxylic acids is 1. The van der Waals surface area contributed by atoms with E-state index in [0.717, 1.165) is 11.3 Å². The number of aromatic nitrogens is 5. The number of pyridine rings is 1. The Morgan fingerprint density at radius 3 is 2.47 bits per heavy atom. The third-order valence-corrected chi connectivity index (χ3v) is 5.83. The summed E-state index contributed by atoms with van der Waals surface area (Å²) in [5.41, 5.74) is 2.91. The zero-order chi connectivity index (χ0) is 27.0. The number of carbonyl (C=O) groups is 1. The standard InChI is InChI=1S/C27H26FN7O3/c1-15-13-17(7-10-19(15)38-20-11-12-29-24-23(20)32-26(37)33-24)30-25(36)31-22-14-21(27(2,3)4)34-35(22)18-8-5-16(28)6-9-18/h5-14H,1-4H3,(H2,30,31,36)(H2,29,32,33,37). The van der Waals surface area contributed by atoms with Crippen LogP contribution in [0.15, 0.2) is 65.6 Å². The molecule has 0 aliphatic heterocycles. The number of halogens is 1. The van der Waals surface area contributed by atoms with E-state index in [1.807, 2.05) is 27.7 Å². The van der Waals surface area contributed by atoms with Crippen molar-refractivity contribution in [2.45, 2.75) is 33.1 Å². The fourth-order valence-corrected chi connectivity index (χ4v) is 3.85. The molecule has 3 heterocycles. The molecule has 0 aliphatic carbocycles. The highest BCUT2D eigenvalue weighted by Gasteiger charge is 2.22. The van der Waals surface area contributed by atoms with Crippen LogP contribution in [-0.4, -0.2) is 30.8 Å². The first kappa shape index (κ1) is 24.8. The second-order valence-corrected chi connectivity index (χ2v) is 9.83. The molecule has 2 aromatic carbocycles. The molecule has 5 aromatic rings.